The number of aliphatic hydroxyl groups excluding tert-OH is 1. The Morgan fingerprint density at radius 2 is 1.98 bits per heavy atom. The van der Waals surface area contributed by atoms with E-state index in [0.717, 1.165) is 29.7 Å². The molecule has 10 nitrogen and oxygen atoms in total. The third-order valence-corrected chi connectivity index (χ3v) is 8.93. The Bertz CT molecular complexity index is 1280. The molecule has 0 aliphatic carbocycles. The summed E-state index contributed by atoms with van der Waals surface area (Å²) in [7, 11) is -2.95. The maximum atomic E-state index is 13.6. The molecule has 0 unspecified atom stereocenters. The lowest BCUT2D eigenvalue weighted by Crippen LogP contribution is -2.48. The van der Waals surface area contributed by atoms with Crippen LogP contribution >= 0.6 is 10.8 Å². The molecule has 1 aliphatic rings. The number of nitrogens with zero attached hydrogens (tertiary/aromatic N) is 3. The van der Waals surface area contributed by atoms with Crippen molar-refractivity contribution in [1.82, 2.24) is 20.4 Å². The zero-order valence-corrected chi connectivity index (χ0v) is 24.4. The molecule has 2 aromatic carbocycles. The van der Waals surface area contributed by atoms with Gasteiger partial charge < -0.3 is 21.1 Å². The second-order valence-electron chi connectivity index (χ2n) is 10.3. The van der Waals surface area contributed by atoms with Crippen molar-refractivity contribution in [3.8, 4) is 0 Å². The predicted octanol–water partition coefficient (Wildman–Crippen LogP) is 4.26. The molecule has 2 heterocycles. The number of carbonyl (C=O) groups is 1. The number of aliphatic hydroxyl groups is 1. The number of hydrogen-bond acceptors (Lipinski definition) is 8. The first kappa shape index (κ1) is 30.6. The van der Waals surface area contributed by atoms with Crippen LogP contribution in [-0.2, 0) is 19.5 Å². The van der Waals surface area contributed by atoms with E-state index in [9.17, 15) is 19.0 Å². The first-order chi connectivity index (χ1) is 19.8. The van der Waals surface area contributed by atoms with Crippen molar-refractivity contribution in [3.63, 3.8) is 0 Å². The maximum absolute atomic E-state index is 13.6. The zero-order chi connectivity index (χ0) is 29.2. The smallest absolute Gasteiger partial charge is 0.251 e. The van der Waals surface area contributed by atoms with Crippen LogP contribution in [0.1, 0.15) is 41.3 Å². The normalized spacial score (nSPS) is 16.9. The minimum atomic E-state index is -2.95. The van der Waals surface area contributed by atoms with Crippen LogP contribution in [0.4, 0.5) is 11.4 Å². The molecule has 1 aromatic heterocycles. The predicted molar refractivity (Wildman–Crippen MR) is 166 cm³/mol. The quantitative estimate of drug-likeness (QED) is 0.155. The van der Waals surface area contributed by atoms with Gasteiger partial charge in [0.25, 0.3) is 5.91 Å². The van der Waals surface area contributed by atoms with E-state index in [4.69, 9.17) is 0 Å². The monoisotopic (exact) mass is 582 g/mol. The molecular weight excluding hydrogens is 540 g/mol. The standard InChI is InChI=1S/C30H42N6O4S/c1-3-12-35-22-24(20-33-35)19-31-21-29(37)28(15-23-10-6-5-7-11-23)34-30(38)25-16-26(32-4-2)18-27(17-25)36-13-8-9-14-41(36,39)40/h3,5-7,10-11,16-18,20,22,28-29,31-32,37,39-40H,1,4,8-9,12-15,19,21H2,2H3,(H,34,38)/t28-,29+/m0/s1. The van der Waals surface area contributed by atoms with Crippen molar-refractivity contribution >= 4 is 28.1 Å². The number of benzene rings is 2. The minimum Gasteiger partial charge on any atom is -0.390 e. The molecule has 11 heteroatoms. The molecule has 0 saturated carbocycles. The van der Waals surface area contributed by atoms with Crippen LogP contribution in [0.3, 0.4) is 0 Å². The van der Waals surface area contributed by atoms with Gasteiger partial charge in [0.15, 0.2) is 0 Å². The molecule has 4 rings (SSSR count). The highest BCUT2D eigenvalue weighted by Gasteiger charge is 2.28. The van der Waals surface area contributed by atoms with E-state index in [1.807, 2.05) is 49.5 Å². The summed E-state index contributed by atoms with van der Waals surface area (Å²) in [6.07, 6.45) is 6.65. The van der Waals surface area contributed by atoms with E-state index in [0.29, 0.717) is 49.6 Å². The van der Waals surface area contributed by atoms with E-state index in [1.54, 1.807) is 33.4 Å². The summed E-state index contributed by atoms with van der Waals surface area (Å²) in [6, 6.07) is 14.5. The highest BCUT2D eigenvalue weighted by Crippen LogP contribution is 2.50. The zero-order valence-electron chi connectivity index (χ0n) is 23.6. The van der Waals surface area contributed by atoms with Crippen LogP contribution in [0.5, 0.6) is 0 Å². The van der Waals surface area contributed by atoms with Gasteiger partial charge in [0.2, 0.25) is 0 Å². The van der Waals surface area contributed by atoms with Gasteiger partial charge in [0.1, 0.15) is 0 Å². The lowest BCUT2D eigenvalue weighted by molar-refractivity contribution is 0.0830. The fraction of sp³-hybridized carbons (Fsp3) is 0.400. The van der Waals surface area contributed by atoms with Gasteiger partial charge in [-0.3, -0.25) is 22.9 Å². The SMILES string of the molecule is C=CCn1cc(CNC[C@@H](O)[C@H](Cc2ccccc2)NC(=O)c2cc(NCC)cc(N3CCCCS3(O)O)c2)cn1. The Balaban J connectivity index is 1.50. The van der Waals surface area contributed by atoms with Crippen LogP contribution in [0.2, 0.25) is 0 Å². The summed E-state index contributed by atoms with van der Waals surface area (Å²) in [6.45, 7) is 8.26. The number of allylic oxidation sites excluding steroid dienone is 1. The van der Waals surface area contributed by atoms with E-state index < -0.39 is 22.9 Å². The Labute approximate surface area is 243 Å². The van der Waals surface area contributed by atoms with Gasteiger partial charge in [-0.2, -0.15) is 5.10 Å². The van der Waals surface area contributed by atoms with E-state index in [1.165, 1.54) is 0 Å². The lowest BCUT2D eigenvalue weighted by Gasteiger charge is -2.47. The minimum absolute atomic E-state index is 0.266. The number of rotatable bonds is 14. The van der Waals surface area contributed by atoms with Gasteiger partial charge in [-0.1, -0.05) is 36.4 Å². The number of amides is 1. The van der Waals surface area contributed by atoms with Crippen molar-refractivity contribution in [2.24, 2.45) is 0 Å². The molecule has 1 saturated heterocycles. The third kappa shape index (κ3) is 8.57. The molecule has 222 valence electrons. The second kappa shape index (κ2) is 14.5. The number of carbonyl (C=O) groups excluding carboxylic acids is 1. The van der Waals surface area contributed by atoms with Gasteiger partial charge in [-0.05, 0) is 49.9 Å². The highest BCUT2D eigenvalue weighted by atomic mass is 32.3. The molecule has 2 atom stereocenters. The second-order valence-corrected chi connectivity index (χ2v) is 12.4. The highest BCUT2D eigenvalue weighted by molar-refractivity contribution is 8.25. The fourth-order valence-electron chi connectivity index (χ4n) is 4.94. The summed E-state index contributed by atoms with van der Waals surface area (Å²) in [5, 5.41) is 25.1. The molecule has 1 amide bonds. The van der Waals surface area contributed by atoms with E-state index >= 15 is 0 Å². The Morgan fingerprint density at radius 3 is 2.71 bits per heavy atom. The first-order valence-electron chi connectivity index (χ1n) is 14.1. The average Bonchev–Trinajstić information content (AvgIpc) is 3.40. The van der Waals surface area contributed by atoms with Crippen molar-refractivity contribution in [3.05, 3.63) is 90.3 Å². The largest absolute Gasteiger partial charge is 0.390 e. The third-order valence-electron chi connectivity index (χ3n) is 7.00. The molecule has 0 spiro atoms. The van der Waals surface area contributed by atoms with Crippen molar-refractivity contribution in [2.45, 2.75) is 51.4 Å². The number of nitrogens with one attached hydrogen (secondary N) is 3. The van der Waals surface area contributed by atoms with Gasteiger partial charge in [0.05, 0.1) is 36.3 Å². The molecule has 1 fully saturated rings. The lowest BCUT2D eigenvalue weighted by atomic mass is 10.00. The molecule has 3 aromatic rings. The topological polar surface area (TPSA) is 135 Å². The van der Waals surface area contributed by atoms with Gasteiger partial charge in [0, 0.05) is 49.2 Å². The molecule has 6 N–H and O–H groups in total. The summed E-state index contributed by atoms with van der Waals surface area (Å²) in [4.78, 5) is 13.6. The van der Waals surface area contributed by atoms with Crippen molar-refractivity contribution in [1.29, 1.82) is 0 Å². The molecular formula is C30H42N6O4S. The molecule has 0 radical (unpaired) electrons. The van der Waals surface area contributed by atoms with E-state index in [-0.39, 0.29) is 12.5 Å². The van der Waals surface area contributed by atoms with Gasteiger partial charge in [-0.25, -0.2) is 0 Å². The Hall–Kier alpha value is -3.35. The summed E-state index contributed by atoms with van der Waals surface area (Å²) in [5.74, 6) is -0.0296. The van der Waals surface area contributed by atoms with Gasteiger partial charge >= 0.3 is 0 Å². The van der Waals surface area contributed by atoms with E-state index in [2.05, 4.69) is 27.6 Å². The molecule has 41 heavy (non-hydrogen) atoms. The maximum Gasteiger partial charge on any atom is 0.251 e. The summed E-state index contributed by atoms with van der Waals surface area (Å²) < 4.78 is 24.8. The first-order valence-corrected chi connectivity index (χ1v) is 15.7. The van der Waals surface area contributed by atoms with Crippen LogP contribution < -0.4 is 20.3 Å². The van der Waals surface area contributed by atoms with Crippen LogP contribution in [-0.4, -0.2) is 67.4 Å². The van der Waals surface area contributed by atoms with Crippen LogP contribution in [0.15, 0.2) is 73.6 Å². The summed E-state index contributed by atoms with van der Waals surface area (Å²) >= 11 is 0. The van der Waals surface area contributed by atoms with Crippen LogP contribution in [0, 0.1) is 0 Å². The van der Waals surface area contributed by atoms with Crippen LogP contribution in [0.25, 0.3) is 0 Å². The molecule has 1 aliphatic heterocycles. The average molecular weight is 583 g/mol. The van der Waals surface area contributed by atoms with Crippen molar-refractivity contribution in [2.75, 3.05) is 35.0 Å². The van der Waals surface area contributed by atoms with Gasteiger partial charge in [-0.15, -0.1) is 17.4 Å². The number of aromatic nitrogens is 2. The number of anilines is 2. The fourth-order valence-corrected chi connectivity index (χ4v) is 6.61. The van der Waals surface area contributed by atoms with Crippen molar-refractivity contribution < 1.29 is 19.0 Å². The summed E-state index contributed by atoms with van der Waals surface area (Å²) in [5.41, 5.74) is 3.67. The Morgan fingerprint density at radius 1 is 1.17 bits per heavy atom. The molecule has 0 bridgehead atoms. The number of hydrogen-bond donors (Lipinski definition) is 6. The Kier molecular flexibility index (Phi) is 10.8.